The van der Waals surface area contributed by atoms with Gasteiger partial charge in [0.25, 0.3) is 10.0 Å². The zero-order valence-corrected chi connectivity index (χ0v) is 12.8. The predicted octanol–water partition coefficient (Wildman–Crippen LogP) is 1.60. The summed E-state index contributed by atoms with van der Waals surface area (Å²) < 4.78 is 28.6. The summed E-state index contributed by atoms with van der Waals surface area (Å²) in [5, 5.41) is 4.03. The first-order valence-corrected chi connectivity index (χ1v) is 8.37. The lowest BCUT2D eigenvalue weighted by atomic mass is 10.2. The van der Waals surface area contributed by atoms with Crippen LogP contribution in [0, 0.1) is 0 Å². The lowest BCUT2D eigenvalue weighted by Gasteiger charge is -2.06. The van der Waals surface area contributed by atoms with Gasteiger partial charge in [-0.25, -0.2) is 8.42 Å². The van der Waals surface area contributed by atoms with Crippen LogP contribution in [0.1, 0.15) is 18.9 Å². The predicted molar refractivity (Wildman–Crippen MR) is 82.5 cm³/mol. The molecular weight excluding hydrogens is 288 g/mol. The number of nitrogens with one attached hydrogen (secondary N) is 1. The van der Waals surface area contributed by atoms with Gasteiger partial charge in [0.05, 0.1) is 6.20 Å². The quantitative estimate of drug-likeness (QED) is 0.813. The van der Waals surface area contributed by atoms with Crippen molar-refractivity contribution in [1.29, 1.82) is 0 Å². The maximum Gasteiger partial charge on any atom is 0.265 e. The number of hydrogen-bond donors (Lipinski definition) is 2. The van der Waals surface area contributed by atoms with Crippen molar-refractivity contribution in [2.24, 2.45) is 5.73 Å². The Bertz CT molecular complexity index is 677. The Hall–Kier alpha value is -1.86. The zero-order valence-electron chi connectivity index (χ0n) is 12.0. The molecule has 0 saturated carbocycles. The number of anilines is 1. The number of hydrogen-bond acceptors (Lipinski definition) is 4. The molecule has 0 amide bonds. The third-order valence-corrected chi connectivity index (χ3v) is 4.46. The van der Waals surface area contributed by atoms with Crippen LogP contribution in [0.5, 0.6) is 0 Å². The second kappa shape index (κ2) is 6.73. The van der Waals surface area contributed by atoms with E-state index in [4.69, 9.17) is 5.73 Å². The molecule has 0 fully saturated rings. The van der Waals surface area contributed by atoms with Gasteiger partial charge < -0.3 is 5.73 Å². The van der Waals surface area contributed by atoms with Crippen LogP contribution in [-0.2, 0) is 23.0 Å². The monoisotopic (exact) mass is 308 g/mol. The SMILES string of the molecule is CCc1ccc(NS(=O)(=O)c2cnn(CCCN)c2)cc1. The van der Waals surface area contributed by atoms with Crippen molar-refractivity contribution in [3.05, 3.63) is 42.2 Å². The average Bonchev–Trinajstić information content (AvgIpc) is 2.95. The molecule has 114 valence electrons. The van der Waals surface area contributed by atoms with Gasteiger partial charge in [-0.05, 0) is 37.1 Å². The summed E-state index contributed by atoms with van der Waals surface area (Å²) in [5.41, 5.74) is 7.13. The molecule has 3 N–H and O–H groups in total. The molecule has 1 aromatic carbocycles. The first kappa shape index (κ1) is 15.5. The maximum atomic E-state index is 12.3. The number of nitrogens with zero attached hydrogens (tertiary/aromatic N) is 2. The molecule has 0 unspecified atom stereocenters. The summed E-state index contributed by atoms with van der Waals surface area (Å²) in [6.07, 6.45) is 4.53. The van der Waals surface area contributed by atoms with Crippen LogP contribution in [0.2, 0.25) is 0 Å². The van der Waals surface area contributed by atoms with E-state index in [1.165, 1.54) is 12.4 Å². The highest BCUT2D eigenvalue weighted by molar-refractivity contribution is 7.92. The Morgan fingerprint density at radius 3 is 2.62 bits per heavy atom. The second-order valence-electron chi connectivity index (χ2n) is 4.74. The van der Waals surface area contributed by atoms with Crippen LogP contribution in [0.3, 0.4) is 0 Å². The van der Waals surface area contributed by atoms with Crippen molar-refractivity contribution >= 4 is 15.7 Å². The van der Waals surface area contributed by atoms with E-state index in [0.717, 1.165) is 18.4 Å². The smallest absolute Gasteiger partial charge is 0.265 e. The minimum Gasteiger partial charge on any atom is -0.330 e. The molecule has 21 heavy (non-hydrogen) atoms. The van der Waals surface area contributed by atoms with E-state index >= 15 is 0 Å². The number of aryl methyl sites for hydroxylation is 2. The van der Waals surface area contributed by atoms with E-state index in [1.54, 1.807) is 16.8 Å². The first-order valence-electron chi connectivity index (χ1n) is 6.89. The van der Waals surface area contributed by atoms with Gasteiger partial charge in [-0.1, -0.05) is 19.1 Å². The highest BCUT2D eigenvalue weighted by Crippen LogP contribution is 2.16. The molecule has 0 aliphatic heterocycles. The standard InChI is InChI=1S/C14H20N4O2S/c1-2-12-4-6-13(7-5-12)17-21(19,20)14-10-16-18(11-14)9-3-8-15/h4-7,10-11,17H,2-3,8-9,15H2,1H3. The highest BCUT2D eigenvalue weighted by atomic mass is 32.2. The van der Waals surface area contributed by atoms with Crippen molar-refractivity contribution in [2.75, 3.05) is 11.3 Å². The molecule has 1 aromatic heterocycles. The summed E-state index contributed by atoms with van der Waals surface area (Å²) >= 11 is 0. The Balaban J connectivity index is 2.11. The summed E-state index contributed by atoms with van der Waals surface area (Å²) in [4.78, 5) is 0.152. The van der Waals surface area contributed by atoms with E-state index in [1.807, 2.05) is 12.1 Å². The van der Waals surface area contributed by atoms with Crippen molar-refractivity contribution < 1.29 is 8.42 Å². The number of aromatic nitrogens is 2. The minimum absolute atomic E-state index is 0.152. The maximum absolute atomic E-state index is 12.3. The number of sulfonamides is 1. The fourth-order valence-electron chi connectivity index (χ4n) is 1.88. The van der Waals surface area contributed by atoms with E-state index in [9.17, 15) is 8.42 Å². The lowest BCUT2D eigenvalue weighted by molar-refractivity contribution is 0.582. The third-order valence-electron chi connectivity index (χ3n) is 3.13. The van der Waals surface area contributed by atoms with Crippen molar-refractivity contribution in [3.8, 4) is 0 Å². The van der Waals surface area contributed by atoms with E-state index < -0.39 is 10.0 Å². The summed E-state index contributed by atoms with van der Waals surface area (Å²) in [6, 6.07) is 7.33. The van der Waals surface area contributed by atoms with Crippen LogP contribution in [0.25, 0.3) is 0 Å². The third kappa shape index (κ3) is 4.05. The Morgan fingerprint density at radius 2 is 2.00 bits per heavy atom. The van der Waals surface area contributed by atoms with E-state index in [2.05, 4.69) is 16.7 Å². The van der Waals surface area contributed by atoms with Gasteiger partial charge in [-0.2, -0.15) is 5.10 Å². The van der Waals surface area contributed by atoms with Crippen LogP contribution < -0.4 is 10.5 Å². The van der Waals surface area contributed by atoms with Gasteiger partial charge >= 0.3 is 0 Å². The molecule has 7 heteroatoms. The average molecular weight is 308 g/mol. The topological polar surface area (TPSA) is 90.0 Å². The fraction of sp³-hybridized carbons (Fsp3) is 0.357. The molecule has 0 bridgehead atoms. The van der Waals surface area contributed by atoms with Gasteiger partial charge in [0.15, 0.2) is 0 Å². The molecule has 0 atom stereocenters. The van der Waals surface area contributed by atoms with Gasteiger partial charge in [0.1, 0.15) is 4.90 Å². The van der Waals surface area contributed by atoms with Gasteiger partial charge in [0.2, 0.25) is 0 Å². The summed E-state index contributed by atoms with van der Waals surface area (Å²) in [7, 11) is -3.60. The molecule has 0 aliphatic rings. The fourth-order valence-corrected chi connectivity index (χ4v) is 2.89. The zero-order chi connectivity index (χ0) is 15.3. The Labute approximate surface area is 125 Å². The van der Waals surface area contributed by atoms with Crippen LogP contribution in [0.15, 0.2) is 41.6 Å². The highest BCUT2D eigenvalue weighted by Gasteiger charge is 2.16. The van der Waals surface area contributed by atoms with Crippen LogP contribution in [0.4, 0.5) is 5.69 Å². The molecule has 1 heterocycles. The van der Waals surface area contributed by atoms with Crippen molar-refractivity contribution in [1.82, 2.24) is 9.78 Å². The van der Waals surface area contributed by atoms with Crippen molar-refractivity contribution in [2.45, 2.75) is 31.2 Å². The van der Waals surface area contributed by atoms with E-state index in [0.29, 0.717) is 18.8 Å². The van der Waals surface area contributed by atoms with Crippen LogP contribution >= 0.6 is 0 Å². The number of rotatable bonds is 7. The Morgan fingerprint density at radius 1 is 1.29 bits per heavy atom. The molecular formula is C14H20N4O2S. The minimum atomic E-state index is -3.60. The number of nitrogens with two attached hydrogens (primary N) is 1. The van der Waals surface area contributed by atoms with Gasteiger partial charge in [0, 0.05) is 18.4 Å². The molecule has 0 spiro atoms. The largest absolute Gasteiger partial charge is 0.330 e. The second-order valence-corrected chi connectivity index (χ2v) is 6.42. The molecule has 6 nitrogen and oxygen atoms in total. The van der Waals surface area contributed by atoms with Crippen LogP contribution in [-0.4, -0.2) is 24.7 Å². The normalized spacial score (nSPS) is 11.5. The molecule has 0 aliphatic carbocycles. The Kier molecular flexibility index (Phi) is 4.98. The summed E-state index contributed by atoms with van der Waals surface area (Å²) in [6.45, 7) is 3.20. The molecule has 2 rings (SSSR count). The molecule has 0 radical (unpaired) electrons. The van der Waals surface area contributed by atoms with Crippen molar-refractivity contribution in [3.63, 3.8) is 0 Å². The van der Waals surface area contributed by atoms with E-state index in [-0.39, 0.29) is 4.90 Å². The van der Waals surface area contributed by atoms with Gasteiger partial charge in [-0.3, -0.25) is 9.40 Å². The van der Waals surface area contributed by atoms with Gasteiger partial charge in [-0.15, -0.1) is 0 Å². The summed E-state index contributed by atoms with van der Waals surface area (Å²) in [5.74, 6) is 0. The molecule has 0 saturated heterocycles. The molecule has 2 aromatic rings. The lowest BCUT2D eigenvalue weighted by Crippen LogP contribution is -2.12. The number of benzene rings is 1. The first-order chi connectivity index (χ1) is 10.0.